The van der Waals surface area contributed by atoms with Crippen LogP contribution >= 0.6 is 23.2 Å². The maximum absolute atomic E-state index is 13.3. The van der Waals surface area contributed by atoms with Gasteiger partial charge in [0.2, 0.25) is 11.9 Å². The minimum Gasteiger partial charge on any atom is -0.740 e. The molecule has 0 aliphatic carbocycles. The number of aromatic nitrogens is 1. The van der Waals surface area contributed by atoms with E-state index in [0.29, 0.717) is 0 Å². The molecule has 2 rings (SSSR count). The zero-order chi connectivity index (χ0) is 16.4. The third kappa shape index (κ3) is 3.55. The second kappa shape index (κ2) is 6.61. The number of nitrogens with one attached hydrogen (secondary N) is 1. The van der Waals surface area contributed by atoms with E-state index in [1.54, 1.807) is 0 Å². The molecular formula is C11H6Cl2F2N3O3S-. The summed E-state index contributed by atoms with van der Waals surface area (Å²) in [4.78, 5) is 2.89. The molecule has 0 amide bonds. The molecule has 2 aromatic rings. The van der Waals surface area contributed by atoms with Crippen molar-refractivity contribution in [3.8, 4) is 5.75 Å². The van der Waals surface area contributed by atoms with Gasteiger partial charge in [0.1, 0.15) is 21.4 Å². The highest BCUT2D eigenvalue weighted by Crippen LogP contribution is 2.36. The summed E-state index contributed by atoms with van der Waals surface area (Å²) in [7, 11) is 0. The van der Waals surface area contributed by atoms with E-state index in [-0.39, 0.29) is 22.8 Å². The monoisotopic (exact) mass is 368 g/mol. The predicted octanol–water partition coefficient (Wildman–Crippen LogP) is 3.17. The molecule has 1 unspecified atom stereocenters. The zero-order valence-corrected chi connectivity index (χ0v) is 12.7. The Bertz CT molecular complexity index is 738. The Balaban J connectivity index is 2.36. The number of rotatable bonds is 4. The maximum Gasteiger partial charge on any atom is 0.236 e. The van der Waals surface area contributed by atoms with Crippen molar-refractivity contribution in [1.82, 2.24) is 4.98 Å². The molecular weight excluding hydrogens is 363 g/mol. The Morgan fingerprint density at radius 2 is 1.86 bits per heavy atom. The van der Waals surface area contributed by atoms with Crippen molar-refractivity contribution >= 4 is 51.6 Å². The van der Waals surface area contributed by atoms with E-state index in [9.17, 15) is 17.5 Å². The van der Waals surface area contributed by atoms with Crippen LogP contribution in [0.5, 0.6) is 5.75 Å². The Morgan fingerprint density at radius 3 is 2.36 bits per heavy atom. The SMILES string of the molecule is Nc1cc(Nc2c(Cl)c(F)nc(F)c2Cl)ccc1OS(=O)[O-]. The van der Waals surface area contributed by atoms with Gasteiger partial charge < -0.3 is 19.8 Å². The van der Waals surface area contributed by atoms with Gasteiger partial charge in [-0.25, -0.2) is 4.21 Å². The highest BCUT2D eigenvalue weighted by molar-refractivity contribution is 7.74. The smallest absolute Gasteiger partial charge is 0.236 e. The molecule has 1 heterocycles. The average molecular weight is 369 g/mol. The number of nitrogen functional groups attached to an aromatic ring is 1. The van der Waals surface area contributed by atoms with E-state index < -0.39 is 33.3 Å². The van der Waals surface area contributed by atoms with Crippen molar-refractivity contribution in [2.24, 2.45) is 0 Å². The lowest BCUT2D eigenvalue weighted by molar-refractivity contribution is 0.441. The summed E-state index contributed by atoms with van der Waals surface area (Å²) < 4.78 is 51.9. The third-order valence-electron chi connectivity index (χ3n) is 2.43. The van der Waals surface area contributed by atoms with Crippen LogP contribution in [0.15, 0.2) is 18.2 Å². The topological polar surface area (TPSA) is 100 Å². The molecule has 11 heteroatoms. The van der Waals surface area contributed by atoms with Gasteiger partial charge in [0.05, 0.1) is 11.4 Å². The lowest BCUT2D eigenvalue weighted by Gasteiger charge is -2.14. The van der Waals surface area contributed by atoms with Gasteiger partial charge in [0.25, 0.3) is 0 Å². The summed E-state index contributed by atoms with van der Waals surface area (Å²) in [5.41, 5.74) is 5.57. The van der Waals surface area contributed by atoms with Crippen LogP contribution in [0.2, 0.25) is 10.0 Å². The lowest BCUT2D eigenvalue weighted by Crippen LogP contribution is -2.03. The molecule has 0 aliphatic heterocycles. The van der Waals surface area contributed by atoms with Crippen LogP contribution in [0.4, 0.5) is 25.8 Å². The van der Waals surface area contributed by atoms with Gasteiger partial charge in [-0.3, -0.25) is 0 Å². The minimum atomic E-state index is -2.78. The highest BCUT2D eigenvalue weighted by atomic mass is 35.5. The summed E-state index contributed by atoms with van der Waals surface area (Å²) in [6.07, 6.45) is 0. The van der Waals surface area contributed by atoms with E-state index in [0.717, 1.165) is 0 Å². The molecule has 0 bridgehead atoms. The van der Waals surface area contributed by atoms with E-state index in [4.69, 9.17) is 28.9 Å². The zero-order valence-electron chi connectivity index (χ0n) is 10.4. The van der Waals surface area contributed by atoms with E-state index in [1.807, 2.05) is 0 Å². The number of halogens is 4. The summed E-state index contributed by atoms with van der Waals surface area (Å²) in [6.45, 7) is 0. The van der Waals surface area contributed by atoms with Crippen LogP contribution in [0.3, 0.4) is 0 Å². The molecule has 22 heavy (non-hydrogen) atoms. The molecule has 1 aromatic carbocycles. The molecule has 0 aliphatic rings. The van der Waals surface area contributed by atoms with Gasteiger partial charge in [0.15, 0.2) is 5.75 Å². The first-order valence-electron chi connectivity index (χ1n) is 5.43. The molecule has 1 atom stereocenters. The summed E-state index contributed by atoms with van der Waals surface area (Å²) >= 11 is 8.56. The lowest BCUT2D eigenvalue weighted by atomic mass is 10.2. The summed E-state index contributed by atoms with van der Waals surface area (Å²) in [6, 6.07) is 3.86. The first-order valence-corrected chi connectivity index (χ1v) is 7.19. The fourth-order valence-corrected chi connectivity index (χ4v) is 2.23. The molecule has 3 N–H and O–H groups in total. The largest absolute Gasteiger partial charge is 0.740 e. The van der Waals surface area contributed by atoms with E-state index in [2.05, 4.69) is 14.5 Å². The standard InChI is InChI=1S/C11H7Cl2F2N3O3S/c12-7-9(8(13)11(15)18-10(7)14)17-4-1-2-6(5(16)3-4)21-22(19)20/h1-3H,16H2,(H,17,18)(H,19,20)/p-1. The van der Waals surface area contributed by atoms with Crippen LogP contribution < -0.4 is 15.2 Å². The van der Waals surface area contributed by atoms with Gasteiger partial charge in [-0.05, 0) is 18.2 Å². The molecule has 0 spiro atoms. The third-order valence-corrected chi connectivity index (χ3v) is 3.44. The van der Waals surface area contributed by atoms with Gasteiger partial charge in [-0.2, -0.15) is 13.8 Å². The molecule has 0 saturated carbocycles. The normalized spacial score (nSPS) is 12.0. The number of benzene rings is 1. The van der Waals surface area contributed by atoms with Gasteiger partial charge >= 0.3 is 0 Å². The van der Waals surface area contributed by atoms with Crippen molar-refractivity contribution < 1.29 is 21.7 Å². The van der Waals surface area contributed by atoms with E-state index in [1.165, 1.54) is 18.2 Å². The molecule has 0 saturated heterocycles. The Hall–Kier alpha value is -1.68. The highest BCUT2D eigenvalue weighted by Gasteiger charge is 2.18. The van der Waals surface area contributed by atoms with Crippen LogP contribution in [0.25, 0.3) is 0 Å². The average Bonchev–Trinajstić information content (AvgIpc) is 2.44. The Labute approximate surface area is 135 Å². The van der Waals surface area contributed by atoms with Crippen LogP contribution in [0, 0.1) is 11.9 Å². The number of pyridine rings is 1. The molecule has 118 valence electrons. The molecule has 0 radical (unpaired) electrons. The van der Waals surface area contributed by atoms with Gasteiger partial charge in [0, 0.05) is 5.69 Å². The number of hydrogen-bond acceptors (Lipinski definition) is 6. The second-order valence-corrected chi connectivity index (χ2v) is 5.19. The first-order chi connectivity index (χ1) is 10.3. The van der Waals surface area contributed by atoms with Crippen molar-refractivity contribution in [2.45, 2.75) is 0 Å². The minimum absolute atomic E-state index is 0.0311. The summed E-state index contributed by atoms with van der Waals surface area (Å²) in [5, 5.41) is 1.55. The molecule has 6 nitrogen and oxygen atoms in total. The number of nitrogens with two attached hydrogens (primary N) is 1. The van der Waals surface area contributed by atoms with Crippen LogP contribution in [-0.4, -0.2) is 13.7 Å². The van der Waals surface area contributed by atoms with E-state index >= 15 is 0 Å². The first kappa shape index (κ1) is 16.7. The van der Waals surface area contributed by atoms with Gasteiger partial charge in [-0.1, -0.05) is 23.2 Å². The summed E-state index contributed by atoms with van der Waals surface area (Å²) in [5.74, 6) is -2.58. The van der Waals surface area contributed by atoms with Crippen molar-refractivity contribution in [3.05, 3.63) is 40.1 Å². The number of hydrogen-bond donors (Lipinski definition) is 2. The Kier molecular flexibility index (Phi) is 5.01. The van der Waals surface area contributed by atoms with Crippen molar-refractivity contribution in [2.75, 3.05) is 11.1 Å². The quantitative estimate of drug-likeness (QED) is 0.488. The van der Waals surface area contributed by atoms with Crippen molar-refractivity contribution in [3.63, 3.8) is 0 Å². The molecule has 0 fully saturated rings. The van der Waals surface area contributed by atoms with Gasteiger partial charge in [-0.15, -0.1) is 0 Å². The fourth-order valence-electron chi connectivity index (χ4n) is 1.52. The fraction of sp³-hybridized carbons (Fsp3) is 0. The maximum atomic E-state index is 13.3. The van der Waals surface area contributed by atoms with Crippen LogP contribution in [0.1, 0.15) is 0 Å². The van der Waals surface area contributed by atoms with Crippen LogP contribution in [-0.2, 0) is 11.4 Å². The second-order valence-electron chi connectivity index (χ2n) is 3.86. The molecule has 1 aromatic heterocycles. The Morgan fingerprint density at radius 1 is 1.27 bits per heavy atom. The number of nitrogens with zero attached hydrogens (tertiary/aromatic N) is 1. The van der Waals surface area contributed by atoms with Crippen molar-refractivity contribution in [1.29, 1.82) is 0 Å². The number of anilines is 3. The predicted molar refractivity (Wildman–Crippen MR) is 77.9 cm³/mol.